The van der Waals surface area contributed by atoms with Gasteiger partial charge >= 0.3 is 0 Å². The van der Waals surface area contributed by atoms with Crippen LogP contribution in [-0.4, -0.2) is 29.1 Å². The highest BCUT2D eigenvalue weighted by atomic mass is 32.2. The second-order valence-corrected chi connectivity index (χ2v) is 11.0. The van der Waals surface area contributed by atoms with E-state index in [1.807, 2.05) is 30.3 Å². The summed E-state index contributed by atoms with van der Waals surface area (Å²) in [5, 5.41) is 24.9. The van der Waals surface area contributed by atoms with Crippen molar-refractivity contribution in [2.75, 3.05) is 0 Å². The molecule has 0 aliphatic carbocycles. The summed E-state index contributed by atoms with van der Waals surface area (Å²) >= 11 is 0. The molecule has 7 nitrogen and oxygen atoms in total. The Hall–Kier alpha value is -4.05. The Labute approximate surface area is 225 Å². The number of carbonyl (C=O) groups excluding carboxylic acids is 1. The fraction of sp³-hybridized carbons (Fsp3) is 0.167. The van der Waals surface area contributed by atoms with E-state index in [9.17, 15) is 32.4 Å². The molecule has 4 N–H and O–H groups in total. The van der Waals surface area contributed by atoms with Crippen LogP contribution in [0.15, 0.2) is 102 Å². The van der Waals surface area contributed by atoms with Crippen molar-refractivity contribution in [1.82, 2.24) is 5.32 Å². The maximum absolute atomic E-state index is 13.3. The number of halogens is 1. The van der Waals surface area contributed by atoms with Crippen molar-refractivity contribution in [2.24, 2.45) is 5.92 Å². The van der Waals surface area contributed by atoms with Gasteiger partial charge in [-0.15, -0.1) is 0 Å². The first kappa shape index (κ1) is 26.6. The molecule has 4 aromatic carbocycles. The number of β-lactam (4-membered cyclic amide) rings is 1. The minimum absolute atomic E-state index is 0.113. The second-order valence-electron chi connectivity index (χ2n) is 9.60. The van der Waals surface area contributed by atoms with E-state index in [0.29, 0.717) is 22.3 Å². The zero-order valence-electron chi connectivity index (χ0n) is 20.7. The van der Waals surface area contributed by atoms with Gasteiger partial charge in [-0.25, -0.2) is 4.39 Å². The lowest BCUT2D eigenvalue weighted by Crippen LogP contribution is -2.67. The lowest BCUT2D eigenvalue weighted by molar-refractivity contribution is -0.140. The van der Waals surface area contributed by atoms with Crippen molar-refractivity contribution >= 4 is 16.0 Å². The van der Waals surface area contributed by atoms with Crippen LogP contribution < -0.4 is 5.32 Å². The van der Waals surface area contributed by atoms with Crippen molar-refractivity contribution < 1.29 is 32.4 Å². The van der Waals surface area contributed by atoms with Gasteiger partial charge in [0.1, 0.15) is 17.1 Å². The molecule has 1 amide bonds. The molecular weight excluding hydrogens is 521 g/mol. The molecule has 3 atom stereocenters. The average Bonchev–Trinajstić information content (AvgIpc) is 2.92. The van der Waals surface area contributed by atoms with Crippen LogP contribution in [0.2, 0.25) is 0 Å². The SMILES string of the molecule is O=C1N[C@@](c2ccccc2)(c2ccc(-c3cccc(S(=O)(=O)O)c3)cc2O)[C@H]1CC[C@H](O)c1ccc(F)cc1. The summed E-state index contributed by atoms with van der Waals surface area (Å²) in [7, 11) is -4.40. The van der Waals surface area contributed by atoms with Crippen LogP contribution in [0.5, 0.6) is 5.75 Å². The van der Waals surface area contributed by atoms with Gasteiger partial charge < -0.3 is 15.5 Å². The molecule has 0 aromatic heterocycles. The van der Waals surface area contributed by atoms with Crippen molar-refractivity contribution in [2.45, 2.75) is 29.4 Å². The van der Waals surface area contributed by atoms with Crippen LogP contribution in [0.4, 0.5) is 4.39 Å². The predicted octanol–water partition coefficient (Wildman–Crippen LogP) is 4.95. The van der Waals surface area contributed by atoms with E-state index in [-0.39, 0.29) is 29.4 Å². The molecule has 1 fully saturated rings. The van der Waals surface area contributed by atoms with Gasteiger partial charge in [-0.1, -0.05) is 66.7 Å². The fourth-order valence-electron chi connectivity index (χ4n) is 5.28. The van der Waals surface area contributed by atoms with Gasteiger partial charge in [0.25, 0.3) is 10.1 Å². The Morgan fingerprint density at radius 3 is 2.23 bits per heavy atom. The molecular formula is C30H26FNO6S. The predicted molar refractivity (Wildman–Crippen MR) is 143 cm³/mol. The Morgan fingerprint density at radius 1 is 0.897 bits per heavy atom. The maximum atomic E-state index is 13.3. The van der Waals surface area contributed by atoms with Crippen LogP contribution in [0, 0.1) is 11.7 Å². The number of amides is 1. The molecule has 1 aliphatic rings. The molecule has 0 unspecified atom stereocenters. The Morgan fingerprint density at radius 2 is 1.59 bits per heavy atom. The lowest BCUT2D eigenvalue weighted by Gasteiger charge is -2.50. The van der Waals surface area contributed by atoms with E-state index < -0.39 is 33.5 Å². The summed E-state index contributed by atoms with van der Waals surface area (Å²) in [4.78, 5) is 12.6. The molecule has 200 valence electrons. The van der Waals surface area contributed by atoms with E-state index in [4.69, 9.17) is 0 Å². The summed E-state index contributed by atoms with van der Waals surface area (Å²) in [6.07, 6.45) is -0.380. The molecule has 0 saturated carbocycles. The highest BCUT2D eigenvalue weighted by molar-refractivity contribution is 7.85. The highest BCUT2D eigenvalue weighted by Crippen LogP contribution is 2.49. The first-order valence-corrected chi connectivity index (χ1v) is 13.8. The number of aromatic hydroxyl groups is 1. The van der Waals surface area contributed by atoms with Gasteiger partial charge in [0.05, 0.1) is 16.9 Å². The number of nitrogens with one attached hydrogen (secondary N) is 1. The van der Waals surface area contributed by atoms with Crippen molar-refractivity contribution in [3.63, 3.8) is 0 Å². The van der Waals surface area contributed by atoms with Gasteiger partial charge in [0.2, 0.25) is 5.91 Å². The number of aliphatic hydroxyl groups excluding tert-OH is 1. The van der Waals surface area contributed by atoms with E-state index in [0.717, 1.165) is 5.56 Å². The third-order valence-corrected chi connectivity index (χ3v) is 8.11. The molecule has 0 spiro atoms. The molecule has 0 radical (unpaired) electrons. The number of rotatable bonds is 8. The van der Waals surface area contributed by atoms with E-state index in [1.54, 1.807) is 18.2 Å². The van der Waals surface area contributed by atoms with E-state index >= 15 is 0 Å². The second kappa shape index (κ2) is 10.3. The van der Waals surface area contributed by atoms with Crippen LogP contribution in [0.3, 0.4) is 0 Å². The summed E-state index contributed by atoms with van der Waals surface area (Å²) in [5.41, 5.74) is 1.66. The quantitative estimate of drug-likeness (QED) is 0.183. The van der Waals surface area contributed by atoms with Crippen molar-refractivity contribution in [3.05, 3.63) is 120 Å². The van der Waals surface area contributed by atoms with Gasteiger partial charge in [0, 0.05) is 5.56 Å². The number of hydrogen-bond acceptors (Lipinski definition) is 5. The summed E-state index contributed by atoms with van der Waals surface area (Å²) in [6, 6.07) is 25.4. The molecule has 1 saturated heterocycles. The van der Waals surface area contributed by atoms with Gasteiger partial charge in [-0.3, -0.25) is 9.35 Å². The fourth-order valence-corrected chi connectivity index (χ4v) is 5.80. The van der Waals surface area contributed by atoms with Crippen molar-refractivity contribution in [1.29, 1.82) is 0 Å². The number of hydrogen-bond donors (Lipinski definition) is 4. The van der Waals surface area contributed by atoms with Crippen molar-refractivity contribution in [3.8, 4) is 16.9 Å². The highest BCUT2D eigenvalue weighted by Gasteiger charge is 2.56. The monoisotopic (exact) mass is 547 g/mol. The topological polar surface area (TPSA) is 124 Å². The van der Waals surface area contributed by atoms with E-state index in [2.05, 4.69) is 5.32 Å². The summed E-state index contributed by atoms with van der Waals surface area (Å²) in [6.45, 7) is 0. The standard InChI is InChI=1S/C30H26FNO6S/c31-23-12-9-19(10-13-23)27(33)16-15-26-29(35)32-30(26,22-6-2-1-3-7-22)25-14-11-21(18-28(25)34)20-5-4-8-24(17-20)39(36,37)38/h1-14,17-18,26-27,33-34H,15-16H2,(H,32,35)(H,36,37,38)/t26-,27-,30-/m0/s1. The molecule has 0 bridgehead atoms. The Kier molecular flexibility index (Phi) is 6.98. The maximum Gasteiger partial charge on any atom is 0.294 e. The smallest absolute Gasteiger partial charge is 0.294 e. The molecule has 1 heterocycles. The first-order valence-electron chi connectivity index (χ1n) is 12.3. The average molecular weight is 548 g/mol. The normalized spacial score (nSPS) is 19.7. The first-order chi connectivity index (χ1) is 18.6. The Balaban J connectivity index is 1.50. The zero-order valence-corrected chi connectivity index (χ0v) is 21.5. The van der Waals surface area contributed by atoms with Gasteiger partial charge in [0.15, 0.2) is 0 Å². The number of carbonyl (C=O) groups is 1. The van der Waals surface area contributed by atoms with Crippen LogP contribution >= 0.6 is 0 Å². The van der Waals surface area contributed by atoms with Crippen LogP contribution in [0.1, 0.15) is 35.6 Å². The third-order valence-electron chi connectivity index (χ3n) is 7.26. The van der Waals surface area contributed by atoms with Crippen LogP contribution in [-0.2, 0) is 20.5 Å². The number of phenols is 1. The minimum atomic E-state index is -4.40. The lowest BCUT2D eigenvalue weighted by atomic mass is 9.64. The molecule has 9 heteroatoms. The molecule has 39 heavy (non-hydrogen) atoms. The Bertz CT molecular complexity index is 1630. The number of phenolic OH excluding ortho intramolecular Hbond substituents is 1. The van der Waals surface area contributed by atoms with E-state index in [1.165, 1.54) is 48.5 Å². The number of benzene rings is 4. The summed E-state index contributed by atoms with van der Waals surface area (Å²) < 4.78 is 45.9. The molecule has 4 aromatic rings. The summed E-state index contributed by atoms with van der Waals surface area (Å²) in [5.74, 6) is -1.36. The zero-order chi connectivity index (χ0) is 27.8. The third kappa shape index (κ3) is 5.04. The number of aliphatic hydroxyl groups is 1. The minimum Gasteiger partial charge on any atom is -0.508 e. The molecule has 5 rings (SSSR count). The van der Waals surface area contributed by atoms with Gasteiger partial charge in [-0.2, -0.15) is 8.42 Å². The largest absolute Gasteiger partial charge is 0.508 e. The molecule has 1 aliphatic heterocycles. The van der Waals surface area contributed by atoms with Crippen LogP contribution in [0.25, 0.3) is 11.1 Å². The van der Waals surface area contributed by atoms with Gasteiger partial charge in [-0.05, 0) is 65.4 Å².